The molecule has 0 unspecified atom stereocenters. The first-order chi connectivity index (χ1) is 5.24. The molecular formula is C9H12N2. The van der Waals surface area contributed by atoms with Crippen molar-refractivity contribution in [3.63, 3.8) is 0 Å². The average Bonchev–Trinajstić information content (AvgIpc) is 2.05. The number of hydrogen-bond donors (Lipinski definition) is 1. The van der Waals surface area contributed by atoms with Gasteiger partial charge in [0.1, 0.15) is 0 Å². The molecule has 0 bridgehead atoms. The maximum absolute atomic E-state index is 5.64. The van der Waals surface area contributed by atoms with Gasteiger partial charge in [0.15, 0.2) is 0 Å². The molecule has 0 fully saturated rings. The van der Waals surface area contributed by atoms with E-state index in [-0.39, 0.29) is 6.04 Å². The van der Waals surface area contributed by atoms with Gasteiger partial charge in [-0.25, -0.2) is 0 Å². The van der Waals surface area contributed by atoms with Gasteiger partial charge in [-0.1, -0.05) is 12.6 Å². The normalized spacial score (nSPS) is 12.5. The third kappa shape index (κ3) is 1.88. The van der Waals surface area contributed by atoms with Crippen molar-refractivity contribution < 1.29 is 0 Å². The molecule has 0 saturated heterocycles. The summed E-state index contributed by atoms with van der Waals surface area (Å²) in [7, 11) is 0. The quantitative estimate of drug-likeness (QED) is 0.693. The van der Waals surface area contributed by atoms with Crippen molar-refractivity contribution in [1.29, 1.82) is 0 Å². The molecule has 0 aliphatic carbocycles. The van der Waals surface area contributed by atoms with Gasteiger partial charge in [0.05, 0.1) is 11.4 Å². The fourth-order valence-electron chi connectivity index (χ4n) is 0.836. The lowest BCUT2D eigenvalue weighted by Gasteiger charge is -2.03. The van der Waals surface area contributed by atoms with E-state index in [9.17, 15) is 0 Å². The molecule has 0 spiro atoms. The van der Waals surface area contributed by atoms with Crippen LogP contribution in [0.4, 0.5) is 0 Å². The van der Waals surface area contributed by atoms with E-state index in [0.717, 1.165) is 11.4 Å². The minimum atomic E-state index is -0.00472. The standard InChI is InChI=1S/C9H12N2/c1-3-8-5-4-6-9(11-8)7(2)10/h3-7H,1,10H2,2H3/t7-/m0/s1. The van der Waals surface area contributed by atoms with Crippen molar-refractivity contribution in [3.05, 3.63) is 36.2 Å². The van der Waals surface area contributed by atoms with E-state index < -0.39 is 0 Å². The van der Waals surface area contributed by atoms with Gasteiger partial charge in [0, 0.05) is 6.04 Å². The van der Waals surface area contributed by atoms with Crippen LogP contribution in [0.5, 0.6) is 0 Å². The first kappa shape index (κ1) is 7.95. The zero-order chi connectivity index (χ0) is 8.27. The van der Waals surface area contributed by atoms with E-state index in [4.69, 9.17) is 5.73 Å². The molecule has 1 atom stereocenters. The molecule has 2 nitrogen and oxygen atoms in total. The SMILES string of the molecule is C=Cc1cccc([C@H](C)N)n1. The number of aromatic nitrogens is 1. The van der Waals surface area contributed by atoms with Crippen LogP contribution in [0.25, 0.3) is 6.08 Å². The molecular weight excluding hydrogens is 136 g/mol. The largest absolute Gasteiger partial charge is 0.323 e. The fraction of sp³-hybridized carbons (Fsp3) is 0.222. The summed E-state index contributed by atoms with van der Waals surface area (Å²) in [5.74, 6) is 0. The van der Waals surface area contributed by atoms with Gasteiger partial charge in [0.2, 0.25) is 0 Å². The molecule has 1 heterocycles. The Balaban J connectivity index is 3.00. The summed E-state index contributed by atoms with van der Waals surface area (Å²) in [6.07, 6.45) is 1.71. The highest BCUT2D eigenvalue weighted by Gasteiger charge is 1.99. The number of rotatable bonds is 2. The van der Waals surface area contributed by atoms with Crippen LogP contribution in [-0.2, 0) is 0 Å². The van der Waals surface area contributed by atoms with Gasteiger partial charge in [0.25, 0.3) is 0 Å². The van der Waals surface area contributed by atoms with E-state index in [1.54, 1.807) is 6.08 Å². The summed E-state index contributed by atoms with van der Waals surface area (Å²) in [6.45, 7) is 5.54. The second-order valence-electron chi connectivity index (χ2n) is 2.48. The summed E-state index contributed by atoms with van der Waals surface area (Å²) >= 11 is 0. The minimum absolute atomic E-state index is 0.00472. The summed E-state index contributed by atoms with van der Waals surface area (Å²) in [6, 6.07) is 5.74. The Morgan fingerprint density at radius 1 is 1.64 bits per heavy atom. The van der Waals surface area contributed by atoms with Gasteiger partial charge in [-0.15, -0.1) is 0 Å². The number of pyridine rings is 1. The lowest BCUT2D eigenvalue weighted by atomic mass is 10.2. The van der Waals surface area contributed by atoms with Crippen LogP contribution >= 0.6 is 0 Å². The molecule has 0 saturated carbocycles. The second-order valence-corrected chi connectivity index (χ2v) is 2.48. The highest BCUT2D eigenvalue weighted by atomic mass is 14.8. The maximum Gasteiger partial charge on any atom is 0.0627 e. The maximum atomic E-state index is 5.64. The van der Waals surface area contributed by atoms with E-state index in [2.05, 4.69) is 11.6 Å². The van der Waals surface area contributed by atoms with Crippen molar-refractivity contribution in [3.8, 4) is 0 Å². The zero-order valence-corrected chi connectivity index (χ0v) is 6.62. The van der Waals surface area contributed by atoms with Crippen molar-refractivity contribution in [1.82, 2.24) is 4.98 Å². The Hall–Kier alpha value is -1.15. The molecule has 0 aromatic carbocycles. The number of nitrogens with two attached hydrogens (primary N) is 1. The van der Waals surface area contributed by atoms with E-state index in [1.165, 1.54) is 0 Å². The lowest BCUT2D eigenvalue weighted by molar-refractivity contribution is 0.779. The summed E-state index contributed by atoms with van der Waals surface area (Å²) < 4.78 is 0. The Labute approximate surface area is 66.8 Å². The van der Waals surface area contributed by atoms with Crippen molar-refractivity contribution >= 4 is 6.08 Å². The number of nitrogens with zero attached hydrogens (tertiary/aromatic N) is 1. The second kappa shape index (κ2) is 3.30. The Morgan fingerprint density at radius 2 is 2.36 bits per heavy atom. The number of hydrogen-bond acceptors (Lipinski definition) is 2. The molecule has 0 radical (unpaired) electrons. The van der Waals surface area contributed by atoms with Crippen LogP contribution < -0.4 is 5.73 Å². The third-order valence-electron chi connectivity index (χ3n) is 1.47. The molecule has 1 aromatic heterocycles. The van der Waals surface area contributed by atoms with Crippen LogP contribution in [-0.4, -0.2) is 4.98 Å². The Kier molecular flexibility index (Phi) is 2.39. The molecule has 0 aliphatic heterocycles. The predicted molar refractivity (Wildman–Crippen MR) is 46.9 cm³/mol. The summed E-state index contributed by atoms with van der Waals surface area (Å²) in [5, 5.41) is 0. The van der Waals surface area contributed by atoms with Gasteiger partial charge in [-0.2, -0.15) is 0 Å². The minimum Gasteiger partial charge on any atom is -0.323 e. The molecule has 2 N–H and O–H groups in total. The third-order valence-corrected chi connectivity index (χ3v) is 1.47. The highest BCUT2D eigenvalue weighted by molar-refractivity contribution is 5.41. The van der Waals surface area contributed by atoms with Gasteiger partial charge in [-0.05, 0) is 25.1 Å². The van der Waals surface area contributed by atoms with Crippen LogP contribution in [0.1, 0.15) is 24.4 Å². The van der Waals surface area contributed by atoms with Crippen molar-refractivity contribution in [2.45, 2.75) is 13.0 Å². The lowest BCUT2D eigenvalue weighted by Crippen LogP contribution is -2.07. The Bertz CT molecular complexity index is 253. The van der Waals surface area contributed by atoms with Gasteiger partial charge in [-0.3, -0.25) is 4.98 Å². The monoisotopic (exact) mass is 148 g/mol. The zero-order valence-electron chi connectivity index (χ0n) is 6.62. The van der Waals surface area contributed by atoms with Crippen LogP contribution in [0.15, 0.2) is 24.8 Å². The van der Waals surface area contributed by atoms with E-state index in [0.29, 0.717) is 0 Å². The highest BCUT2D eigenvalue weighted by Crippen LogP contribution is 2.06. The molecule has 0 aliphatic rings. The van der Waals surface area contributed by atoms with Gasteiger partial charge >= 0.3 is 0 Å². The molecule has 1 aromatic rings. The van der Waals surface area contributed by atoms with Crippen LogP contribution in [0, 0.1) is 0 Å². The first-order valence-corrected chi connectivity index (χ1v) is 3.59. The summed E-state index contributed by atoms with van der Waals surface area (Å²) in [5.41, 5.74) is 7.42. The molecule has 0 amide bonds. The molecule has 58 valence electrons. The van der Waals surface area contributed by atoms with Gasteiger partial charge < -0.3 is 5.73 Å². The van der Waals surface area contributed by atoms with Crippen LogP contribution in [0.2, 0.25) is 0 Å². The summed E-state index contributed by atoms with van der Waals surface area (Å²) in [4.78, 5) is 4.25. The van der Waals surface area contributed by atoms with E-state index in [1.807, 2.05) is 25.1 Å². The average molecular weight is 148 g/mol. The topological polar surface area (TPSA) is 38.9 Å². The van der Waals surface area contributed by atoms with Crippen molar-refractivity contribution in [2.75, 3.05) is 0 Å². The van der Waals surface area contributed by atoms with Crippen LogP contribution in [0.3, 0.4) is 0 Å². The molecule has 2 heteroatoms. The fourth-order valence-corrected chi connectivity index (χ4v) is 0.836. The molecule has 1 rings (SSSR count). The van der Waals surface area contributed by atoms with Crippen molar-refractivity contribution in [2.24, 2.45) is 5.73 Å². The Morgan fingerprint density at radius 3 is 2.91 bits per heavy atom. The smallest absolute Gasteiger partial charge is 0.0627 e. The van der Waals surface area contributed by atoms with E-state index >= 15 is 0 Å². The molecule has 11 heavy (non-hydrogen) atoms. The predicted octanol–water partition coefficient (Wildman–Crippen LogP) is 1.74. The first-order valence-electron chi connectivity index (χ1n) is 3.59.